The van der Waals surface area contributed by atoms with E-state index in [0.717, 1.165) is 65.0 Å². The zero-order valence-electron chi connectivity index (χ0n) is 15.1. The molecule has 0 radical (unpaired) electrons. The highest BCUT2D eigenvalue weighted by Crippen LogP contribution is 2.38. The van der Waals surface area contributed by atoms with Crippen LogP contribution >= 0.6 is 0 Å². The van der Waals surface area contributed by atoms with E-state index in [9.17, 15) is 4.79 Å². The molecule has 3 fully saturated rings. The molecule has 1 atom stereocenters. The highest BCUT2D eigenvalue weighted by atomic mass is 16.5. The molecular weight excluding hydrogens is 320 g/mol. The Bertz CT molecular complexity index is 605. The Hall–Kier alpha value is -1.47. The molecule has 25 heavy (non-hydrogen) atoms. The molecule has 0 bridgehead atoms. The van der Waals surface area contributed by atoms with Crippen molar-refractivity contribution in [3.05, 3.63) is 11.7 Å². The summed E-state index contributed by atoms with van der Waals surface area (Å²) in [5, 5.41) is 3.90. The van der Waals surface area contributed by atoms with Crippen LogP contribution in [0, 0.1) is 6.92 Å². The third-order valence-electron chi connectivity index (χ3n) is 6.06. The van der Waals surface area contributed by atoms with E-state index in [-0.39, 0.29) is 11.5 Å². The molecule has 1 aromatic rings. The van der Waals surface area contributed by atoms with Gasteiger partial charge >= 0.3 is 0 Å². The van der Waals surface area contributed by atoms with Gasteiger partial charge in [-0.1, -0.05) is 24.4 Å². The maximum Gasteiger partial charge on any atom is 0.243 e. The van der Waals surface area contributed by atoms with Crippen LogP contribution in [0.2, 0.25) is 0 Å². The topological polar surface area (TPSA) is 71.7 Å². The van der Waals surface area contributed by atoms with Crippen LogP contribution in [0.1, 0.15) is 56.2 Å². The van der Waals surface area contributed by atoms with Crippen molar-refractivity contribution in [3.8, 4) is 0 Å². The number of hydrogen-bond donors (Lipinski definition) is 0. The van der Waals surface area contributed by atoms with Gasteiger partial charge in [0.1, 0.15) is 5.54 Å². The predicted molar refractivity (Wildman–Crippen MR) is 91.2 cm³/mol. The molecule has 2 aliphatic heterocycles. The summed E-state index contributed by atoms with van der Waals surface area (Å²) in [6.45, 7) is 6.53. The molecule has 7 nitrogen and oxygen atoms in total. The maximum atomic E-state index is 13.6. The van der Waals surface area contributed by atoms with Gasteiger partial charge in [0.2, 0.25) is 11.8 Å². The van der Waals surface area contributed by atoms with Gasteiger partial charge in [0.25, 0.3) is 0 Å². The summed E-state index contributed by atoms with van der Waals surface area (Å²) < 4.78 is 10.9. The minimum absolute atomic E-state index is 0.176. The molecule has 0 spiro atoms. The SMILES string of the molecule is Cc1noc([C@@H]2CCN(C(=O)C3(N4CCOCC4)CCCCC3)C2)n1. The van der Waals surface area contributed by atoms with Gasteiger partial charge in [-0.15, -0.1) is 0 Å². The first-order chi connectivity index (χ1) is 12.2. The largest absolute Gasteiger partial charge is 0.379 e. The standard InChI is InChI=1S/C18H28N4O3/c1-14-19-16(25-20-14)15-5-8-21(13-15)17(23)18(6-3-2-4-7-18)22-9-11-24-12-10-22/h15H,2-13H2,1H3/t15-/m1/s1. The predicted octanol–water partition coefficient (Wildman–Crippen LogP) is 1.73. The molecule has 1 aliphatic carbocycles. The lowest BCUT2D eigenvalue weighted by Crippen LogP contribution is -2.62. The zero-order chi connectivity index (χ0) is 17.3. The zero-order valence-corrected chi connectivity index (χ0v) is 15.1. The summed E-state index contributed by atoms with van der Waals surface area (Å²) in [5.41, 5.74) is -0.318. The second-order valence-corrected chi connectivity index (χ2v) is 7.61. The van der Waals surface area contributed by atoms with Crippen molar-refractivity contribution in [2.75, 3.05) is 39.4 Å². The Morgan fingerprint density at radius 1 is 1.16 bits per heavy atom. The summed E-state index contributed by atoms with van der Waals surface area (Å²) in [7, 11) is 0. The number of carbonyl (C=O) groups excluding carboxylic acids is 1. The molecule has 1 aromatic heterocycles. The van der Waals surface area contributed by atoms with E-state index in [0.29, 0.717) is 24.2 Å². The number of aromatic nitrogens is 2. The highest BCUT2D eigenvalue weighted by Gasteiger charge is 2.48. The van der Waals surface area contributed by atoms with E-state index in [1.54, 1.807) is 0 Å². The lowest BCUT2D eigenvalue weighted by molar-refractivity contribution is -0.150. The van der Waals surface area contributed by atoms with Gasteiger partial charge in [0.05, 0.1) is 19.1 Å². The second kappa shape index (κ2) is 7.03. The molecule has 0 unspecified atom stereocenters. The fourth-order valence-corrected chi connectivity index (χ4v) is 4.71. The first kappa shape index (κ1) is 17.0. The van der Waals surface area contributed by atoms with Crippen molar-refractivity contribution in [1.29, 1.82) is 0 Å². The molecule has 2 saturated heterocycles. The first-order valence-corrected chi connectivity index (χ1v) is 9.61. The van der Waals surface area contributed by atoms with Crippen LogP contribution < -0.4 is 0 Å². The molecule has 7 heteroatoms. The molecule has 1 amide bonds. The van der Waals surface area contributed by atoms with Gasteiger partial charge in [0, 0.05) is 26.2 Å². The van der Waals surface area contributed by atoms with Gasteiger partial charge in [0.15, 0.2) is 5.82 Å². The Kier molecular flexibility index (Phi) is 4.78. The number of aryl methyl sites for hydroxylation is 1. The Morgan fingerprint density at radius 3 is 2.60 bits per heavy atom. The van der Waals surface area contributed by atoms with E-state index in [1.807, 2.05) is 11.8 Å². The van der Waals surface area contributed by atoms with Crippen LogP contribution in [0.5, 0.6) is 0 Å². The smallest absolute Gasteiger partial charge is 0.243 e. The van der Waals surface area contributed by atoms with Crippen LogP contribution in [0.4, 0.5) is 0 Å². The highest BCUT2D eigenvalue weighted by molar-refractivity contribution is 5.87. The van der Waals surface area contributed by atoms with Gasteiger partial charge in [-0.2, -0.15) is 4.98 Å². The van der Waals surface area contributed by atoms with Gasteiger partial charge in [-0.05, 0) is 26.2 Å². The van der Waals surface area contributed by atoms with Gasteiger partial charge in [-0.25, -0.2) is 0 Å². The van der Waals surface area contributed by atoms with Crippen molar-refractivity contribution < 1.29 is 14.1 Å². The molecule has 3 heterocycles. The molecule has 138 valence electrons. The monoisotopic (exact) mass is 348 g/mol. The average Bonchev–Trinajstić information content (AvgIpc) is 3.31. The Morgan fingerprint density at radius 2 is 1.92 bits per heavy atom. The molecule has 0 aromatic carbocycles. The van der Waals surface area contributed by atoms with E-state index in [4.69, 9.17) is 9.26 Å². The molecule has 1 saturated carbocycles. The minimum Gasteiger partial charge on any atom is -0.379 e. The third-order valence-corrected chi connectivity index (χ3v) is 6.06. The lowest BCUT2D eigenvalue weighted by atomic mass is 9.78. The second-order valence-electron chi connectivity index (χ2n) is 7.61. The van der Waals surface area contributed by atoms with E-state index in [1.165, 1.54) is 6.42 Å². The fraction of sp³-hybridized carbons (Fsp3) is 0.833. The molecular formula is C18H28N4O3. The number of rotatable bonds is 3. The van der Waals surface area contributed by atoms with Crippen LogP contribution in [-0.2, 0) is 9.53 Å². The summed E-state index contributed by atoms with van der Waals surface area (Å²) in [6, 6.07) is 0. The lowest BCUT2D eigenvalue weighted by Gasteiger charge is -2.48. The Balaban J connectivity index is 1.50. The minimum atomic E-state index is -0.318. The number of nitrogens with zero attached hydrogens (tertiary/aromatic N) is 4. The Labute approximate surface area is 148 Å². The summed E-state index contributed by atoms with van der Waals surface area (Å²) in [5.74, 6) is 1.83. The van der Waals surface area contributed by atoms with Gasteiger partial charge in [-0.3, -0.25) is 9.69 Å². The number of morpholine rings is 1. The van der Waals surface area contributed by atoms with Crippen LogP contribution in [0.15, 0.2) is 4.52 Å². The van der Waals surface area contributed by atoms with Crippen molar-refractivity contribution >= 4 is 5.91 Å². The average molecular weight is 348 g/mol. The summed E-state index contributed by atoms with van der Waals surface area (Å²) >= 11 is 0. The van der Waals surface area contributed by atoms with Crippen LogP contribution in [-0.4, -0.2) is 70.8 Å². The number of likely N-dealkylation sites (tertiary alicyclic amines) is 1. The first-order valence-electron chi connectivity index (χ1n) is 9.61. The number of carbonyl (C=O) groups is 1. The van der Waals surface area contributed by atoms with Crippen molar-refractivity contribution in [3.63, 3.8) is 0 Å². The van der Waals surface area contributed by atoms with Crippen molar-refractivity contribution in [1.82, 2.24) is 19.9 Å². The summed E-state index contributed by atoms with van der Waals surface area (Å²) in [4.78, 5) is 22.4. The normalized spacial score (nSPS) is 27.6. The molecule has 0 N–H and O–H groups in total. The van der Waals surface area contributed by atoms with Crippen molar-refractivity contribution in [2.45, 2.75) is 56.9 Å². The maximum absolute atomic E-state index is 13.6. The quantitative estimate of drug-likeness (QED) is 0.828. The number of ether oxygens (including phenoxy) is 1. The summed E-state index contributed by atoms with van der Waals surface area (Å²) in [6.07, 6.45) is 6.39. The van der Waals surface area contributed by atoms with E-state index >= 15 is 0 Å². The molecule has 3 aliphatic rings. The third kappa shape index (κ3) is 3.19. The number of hydrogen-bond acceptors (Lipinski definition) is 6. The van der Waals surface area contributed by atoms with E-state index in [2.05, 4.69) is 15.0 Å². The fourth-order valence-electron chi connectivity index (χ4n) is 4.71. The van der Waals surface area contributed by atoms with Crippen LogP contribution in [0.3, 0.4) is 0 Å². The van der Waals surface area contributed by atoms with Crippen LogP contribution in [0.25, 0.3) is 0 Å². The van der Waals surface area contributed by atoms with E-state index < -0.39 is 0 Å². The number of amides is 1. The van der Waals surface area contributed by atoms with Gasteiger partial charge < -0.3 is 14.2 Å². The van der Waals surface area contributed by atoms with Crippen molar-refractivity contribution in [2.24, 2.45) is 0 Å². The molecule has 4 rings (SSSR count).